The summed E-state index contributed by atoms with van der Waals surface area (Å²) in [4.78, 5) is 12.3. The van der Waals surface area contributed by atoms with Gasteiger partial charge in [-0.2, -0.15) is 0 Å². The first-order valence-corrected chi connectivity index (χ1v) is 6.88. The van der Waals surface area contributed by atoms with Gasteiger partial charge >= 0.3 is 0 Å². The Kier molecular flexibility index (Phi) is 5.16. The molecule has 0 radical (unpaired) electrons. The van der Waals surface area contributed by atoms with Crippen molar-refractivity contribution in [2.45, 2.75) is 25.8 Å². The number of carbonyl (C=O) groups excluding carboxylic acids is 1. The van der Waals surface area contributed by atoms with Gasteiger partial charge < -0.3 is 15.8 Å². The predicted octanol–water partition coefficient (Wildman–Crippen LogP) is 1.21. The quantitative estimate of drug-likeness (QED) is 0.796. The predicted molar refractivity (Wildman–Crippen MR) is 78.4 cm³/mol. The molecule has 1 heterocycles. The van der Waals surface area contributed by atoms with E-state index in [1.807, 2.05) is 19.1 Å². The molecule has 4 nitrogen and oxygen atoms in total. The number of rotatable bonds is 2. The van der Waals surface area contributed by atoms with Gasteiger partial charge in [0.05, 0.1) is 19.2 Å². The van der Waals surface area contributed by atoms with Crippen molar-refractivity contribution < 1.29 is 9.53 Å². The van der Waals surface area contributed by atoms with Crippen molar-refractivity contribution >= 4 is 5.91 Å². The minimum atomic E-state index is -0.0694. The molecule has 1 aliphatic rings. The Labute approximate surface area is 119 Å². The second kappa shape index (κ2) is 7.09. The molecular formula is C16H20N2O2. The molecule has 0 aromatic heterocycles. The molecule has 1 unspecified atom stereocenters. The van der Waals surface area contributed by atoms with Gasteiger partial charge in [-0.05, 0) is 43.5 Å². The fourth-order valence-corrected chi connectivity index (χ4v) is 2.26. The van der Waals surface area contributed by atoms with E-state index in [-0.39, 0.29) is 11.9 Å². The Morgan fingerprint density at radius 1 is 1.50 bits per heavy atom. The van der Waals surface area contributed by atoms with Crippen molar-refractivity contribution in [1.82, 2.24) is 5.32 Å². The number of ether oxygens (including phenoxy) is 1. The average molecular weight is 272 g/mol. The van der Waals surface area contributed by atoms with Crippen LogP contribution in [-0.4, -0.2) is 31.7 Å². The van der Waals surface area contributed by atoms with Crippen molar-refractivity contribution in [3.8, 4) is 11.8 Å². The van der Waals surface area contributed by atoms with E-state index < -0.39 is 0 Å². The number of amides is 1. The first-order chi connectivity index (χ1) is 9.69. The van der Waals surface area contributed by atoms with Crippen LogP contribution in [0.25, 0.3) is 0 Å². The Hall–Kier alpha value is -1.83. The summed E-state index contributed by atoms with van der Waals surface area (Å²) in [5, 5.41) is 3.01. The van der Waals surface area contributed by atoms with Crippen LogP contribution >= 0.6 is 0 Å². The molecule has 1 aromatic carbocycles. The zero-order valence-electron chi connectivity index (χ0n) is 11.7. The molecule has 1 aliphatic heterocycles. The number of aryl methyl sites for hydroxylation is 1. The zero-order valence-corrected chi connectivity index (χ0v) is 11.7. The lowest BCUT2D eigenvalue weighted by atomic mass is 10.0. The van der Waals surface area contributed by atoms with Crippen LogP contribution < -0.4 is 11.1 Å². The lowest BCUT2D eigenvalue weighted by molar-refractivity contribution is 0.0624. The summed E-state index contributed by atoms with van der Waals surface area (Å²) in [5.41, 5.74) is 7.84. The molecule has 4 heteroatoms. The monoisotopic (exact) mass is 272 g/mol. The van der Waals surface area contributed by atoms with E-state index >= 15 is 0 Å². The van der Waals surface area contributed by atoms with Gasteiger partial charge in [-0.1, -0.05) is 11.8 Å². The molecule has 0 spiro atoms. The highest BCUT2D eigenvalue weighted by atomic mass is 16.5. The molecule has 1 amide bonds. The van der Waals surface area contributed by atoms with Crippen LogP contribution in [0.15, 0.2) is 18.2 Å². The first kappa shape index (κ1) is 14.6. The second-order valence-electron chi connectivity index (χ2n) is 4.98. The Morgan fingerprint density at radius 2 is 2.35 bits per heavy atom. The minimum absolute atomic E-state index is 0.0694. The molecule has 20 heavy (non-hydrogen) atoms. The van der Waals surface area contributed by atoms with Gasteiger partial charge in [0.15, 0.2) is 0 Å². The Morgan fingerprint density at radius 3 is 3.05 bits per heavy atom. The molecule has 1 aromatic rings. The van der Waals surface area contributed by atoms with Gasteiger partial charge in [0.1, 0.15) is 0 Å². The Bertz CT molecular complexity index is 537. The minimum Gasteiger partial charge on any atom is -0.379 e. The molecule has 106 valence electrons. The number of nitrogens with two attached hydrogens (primary N) is 1. The summed E-state index contributed by atoms with van der Waals surface area (Å²) < 4.78 is 5.37. The van der Waals surface area contributed by atoms with Gasteiger partial charge in [-0.3, -0.25) is 4.79 Å². The molecule has 1 saturated heterocycles. The lowest BCUT2D eigenvalue weighted by Crippen LogP contribution is -2.40. The summed E-state index contributed by atoms with van der Waals surface area (Å²) in [5.74, 6) is 5.70. The molecule has 1 atom stereocenters. The van der Waals surface area contributed by atoms with Gasteiger partial charge in [0.25, 0.3) is 5.91 Å². The summed E-state index contributed by atoms with van der Waals surface area (Å²) in [6, 6.07) is 5.72. The van der Waals surface area contributed by atoms with E-state index in [0.717, 1.165) is 30.6 Å². The van der Waals surface area contributed by atoms with Crippen LogP contribution in [0, 0.1) is 18.8 Å². The number of hydrogen-bond donors (Lipinski definition) is 2. The van der Waals surface area contributed by atoms with Crippen molar-refractivity contribution in [1.29, 1.82) is 0 Å². The topological polar surface area (TPSA) is 64.4 Å². The normalized spacial score (nSPS) is 18.0. The third-order valence-corrected chi connectivity index (χ3v) is 3.17. The van der Waals surface area contributed by atoms with E-state index in [9.17, 15) is 4.79 Å². The van der Waals surface area contributed by atoms with E-state index in [1.165, 1.54) is 0 Å². The van der Waals surface area contributed by atoms with Crippen molar-refractivity contribution in [2.24, 2.45) is 5.73 Å². The van der Waals surface area contributed by atoms with Gasteiger partial charge in [-0.15, -0.1) is 0 Å². The Balaban J connectivity index is 2.10. The molecule has 0 aliphatic carbocycles. The van der Waals surface area contributed by atoms with Crippen LogP contribution in [0.3, 0.4) is 0 Å². The standard InChI is InChI=1S/C16H20N2O2/c1-12-8-13(4-2-6-17)10-14(9-12)16(19)18-15-5-3-7-20-11-15/h8-10,15H,3,5-7,11,17H2,1H3,(H,18,19). The molecule has 1 fully saturated rings. The van der Waals surface area contributed by atoms with Crippen LogP contribution in [0.5, 0.6) is 0 Å². The first-order valence-electron chi connectivity index (χ1n) is 6.88. The highest BCUT2D eigenvalue weighted by molar-refractivity contribution is 5.95. The molecule has 3 N–H and O–H groups in total. The number of nitrogens with one attached hydrogen (secondary N) is 1. The highest BCUT2D eigenvalue weighted by Gasteiger charge is 2.17. The highest BCUT2D eigenvalue weighted by Crippen LogP contribution is 2.11. The van der Waals surface area contributed by atoms with Crippen LogP contribution in [0.4, 0.5) is 0 Å². The van der Waals surface area contributed by atoms with Crippen molar-refractivity contribution in [3.05, 3.63) is 34.9 Å². The molecule has 0 bridgehead atoms. The van der Waals surface area contributed by atoms with E-state index in [2.05, 4.69) is 17.2 Å². The second-order valence-corrected chi connectivity index (χ2v) is 4.98. The van der Waals surface area contributed by atoms with Crippen molar-refractivity contribution in [2.75, 3.05) is 19.8 Å². The smallest absolute Gasteiger partial charge is 0.251 e. The van der Waals surface area contributed by atoms with Gasteiger partial charge in [-0.25, -0.2) is 0 Å². The third-order valence-electron chi connectivity index (χ3n) is 3.17. The van der Waals surface area contributed by atoms with Gasteiger partial charge in [0, 0.05) is 17.7 Å². The molecular weight excluding hydrogens is 252 g/mol. The maximum Gasteiger partial charge on any atom is 0.251 e. The van der Waals surface area contributed by atoms with Crippen LogP contribution in [0.2, 0.25) is 0 Å². The fourth-order valence-electron chi connectivity index (χ4n) is 2.26. The van der Waals surface area contributed by atoms with Gasteiger partial charge in [0.2, 0.25) is 0 Å². The fraction of sp³-hybridized carbons (Fsp3) is 0.438. The maximum absolute atomic E-state index is 12.3. The SMILES string of the molecule is Cc1cc(C#CCN)cc(C(=O)NC2CCCOC2)c1. The van der Waals surface area contributed by atoms with Crippen molar-refractivity contribution in [3.63, 3.8) is 0 Å². The van der Waals surface area contributed by atoms with Crippen LogP contribution in [-0.2, 0) is 4.74 Å². The maximum atomic E-state index is 12.3. The summed E-state index contributed by atoms with van der Waals surface area (Å²) >= 11 is 0. The lowest BCUT2D eigenvalue weighted by Gasteiger charge is -2.23. The molecule has 2 rings (SSSR count). The van der Waals surface area contributed by atoms with E-state index in [1.54, 1.807) is 6.07 Å². The summed E-state index contributed by atoms with van der Waals surface area (Å²) in [7, 11) is 0. The van der Waals surface area contributed by atoms with Crippen LogP contribution in [0.1, 0.15) is 34.3 Å². The van der Waals surface area contributed by atoms with E-state index in [4.69, 9.17) is 10.5 Å². The third kappa shape index (κ3) is 4.09. The number of benzene rings is 1. The number of carbonyl (C=O) groups is 1. The molecule has 0 saturated carbocycles. The summed E-state index contributed by atoms with van der Waals surface area (Å²) in [6.07, 6.45) is 1.96. The average Bonchev–Trinajstić information content (AvgIpc) is 2.45. The number of hydrogen-bond acceptors (Lipinski definition) is 3. The van der Waals surface area contributed by atoms with E-state index in [0.29, 0.717) is 18.7 Å². The summed E-state index contributed by atoms with van der Waals surface area (Å²) in [6.45, 7) is 3.65. The zero-order chi connectivity index (χ0) is 14.4. The largest absolute Gasteiger partial charge is 0.379 e.